The summed E-state index contributed by atoms with van der Waals surface area (Å²) in [4.78, 5) is 11.8. The van der Waals surface area contributed by atoms with E-state index in [1.165, 1.54) is 18.2 Å². The molecule has 0 fully saturated rings. The van der Waals surface area contributed by atoms with E-state index in [-0.39, 0.29) is 12.5 Å². The van der Waals surface area contributed by atoms with Gasteiger partial charge in [-0.05, 0) is 24.3 Å². The van der Waals surface area contributed by atoms with E-state index >= 15 is 0 Å². The highest BCUT2D eigenvalue weighted by atomic mass is 19.1. The van der Waals surface area contributed by atoms with Crippen molar-refractivity contribution in [3.05, 3.63) is 53.6 Å². The first-order valence-electron chi connectivity index (χ1n) is 5.71. The van der Waals surface area contributed by atoms with Crippen molar-refractivity contribution in [3.63, 3.8) is 0 Å². The highest BCUT2D eigenvalue weighted by Gasteiger charge is 2.20. The first-order chi connectivity index (χ1) is 9.65. The number of halogens is 2. The minimum absolute atomic E-state index is 0.0781. The number of ether oxygens (including phenoxy) is 3. The molecular formula is C14H8F2O4. The number of carbonyl (C=O) groups is 1. The fourth-order valence-corrected chi connectivity index (χ4v) is 1.79. The minimum atomic E-state index is -1.11. The third-order valence-corrected chi connectivity index (χ3v) is 2.72. The van der Waals surface area contributed by atoms with Gasteiger partial charge in [-0.2, -0.15) is 0 Å². The molecule has 4 nitrogen and oxygen atoms in total. The predicted octanol–water partition coefficient (Wildman–Crippen LogP) is 2.91. The monoisotopic (exact) mass is 278 g/mol. The maximum Gasteiger partial charge on any atom is 0.349 e. The standard InChI is InChI=1S/C14H8F2O4/c15-9-2-1-3-10(16)13(9)14(17)20-8-4-5-11-12(6-8)19-7-18-11/h1-6H,7H2. The first kappa shape index (κ1) is 12.4. The SMILES string of the molecule is O=C(Oc1ccc2c(c1)OCO2)c1c(F)cccc1F. The van der Waals surface area contributed by atoms with Crippen LogP contribution < -0.4 is 14.2 Å². The molecule has 2 aromatic rings. The van der Waals surface area contributed by atoms with Crippen LogP contribution in [-0.4, -0.2) is 12.8 Å². The van der Waals surface area contributed by atoms with Crippen molar-refractivity contribution < 1.29 is 27.8 Å². The van der Waals surface area contributed by atoms with E-state index in [1.807, 2.05) is 0 Å². The van der Waals surface area contributed by atoms with Gasteiger partial charge < -0.3 is 14.2 Å². The molecule has 0 aromatic heterocycles. The number of esters is 1. The Morgan fingerprint density at radius 1 is 1.05 bits per heavy atom. The van der Waals surface area contributed by atoms with Crippen LogP contribution in [-0.2, 0) is 0 Å². The van der Waals surface area contributed by atoms with Gasteiger partial charge in [-0.15, -0.1) is 0 Å². The van der Waals surface area contributed by atoms with Gasteiger partial charge in [0.2, 0.25) is 6.79 Å². The minimum Gasteiger partial charge on any atom is -0.454 e. The quantitative estimate of drug-likeness (QED) is 0.626. The number of hydrogen-bond donors (Lipinski definition) is 0. The molecule has 0 amide bonds. The second-order valence-electron chi connectivity index (χ2n) is 4.00. The fraction of sp³-hybridized carbons (Fsp3) is 0.0714. The van der Waals surface area contributed by atoms with E-state index in [2.05, 4.69) is 0 Å². The maximum atomic E-state index is 13.4. The Bertz CT molecular complexity index is 665. The molecule has 2 aromatic carbocycles. The van der Waals surface area contributed by atoms with Crippen molar-refractivity contribution in [2.24, 2.45) is 0 Å². The van der Waals surface area contributed by atoms with Gasteiger partial charge in [-0.25, -0.2) is 13.6 Å². The second kappa shape index (κ2) is 4.80. The van der Waals surface area contributed by atoms with Crippen LogP contribution in [0.1, 0.15) is 10.4 Å². The molecule has 102 valence electrons. The molecule has 0 saturated carbocycles. The number of hydrogen-bond acceptors (Lipinski definition) is 4. The Morgan fingerprint density at radius 2 is 1.75 bits per heavy atom. The van der Waals surface area contributed by atoms with Crippen LogP contribution in [0.5, 0.6) is 17.2 Å². The van der Waals surface area contributed by atoms with Crippen LogP contribution in [0.25, 0.3) is 0 Å². The third-order valence-electron chi connectivity index (χ3n) is 2.72. The average Bonchev–Trinajstić information content (AvgIpc) is 2.85. The Labute approximate surface area is 112 Å². The second-order valence-corrected chi connectivity index (χ2v) is 4.00. The highest BCUT2D eigenvalue weighted by Crippen LogP contribution is 2.35. The summed E-state index contributed by atoms with van der Waals surface area (Å²) in [5.41, 5.74) is -0.731. The molecule has 0 N–H and O–H groups in total. The smallest absolute Gasteiger partial charge is 0.349 e. The summed E-state index contributed by atoms with van der Waals surface area (Å²) in [6.07, 6.45) is 0. The van der Waals surface area contributed by atoms with E-state index in [0.717, 1.165) is 12.1 Å². The summed E-state index contributed by atoms with van der Waals surface area (Å²) in [6, 6.07) is 7.55. The molecule has 0 spiro atoms. The van der Waals surface area contributed by atoms with Gasteiger partial charge in [-0.3, -0.25) is 0 Å². The van der Waals surface area contributed by atoms with Crippen LogP contribution in [0.4, 0.5) is 8.78 Å². The molecule has 0 atom stereocenters. The van der Waals surface area contributed by atoms with Crippen LogP contribution in [0, 0.1) is 11.6 Å². The Morgan fingerprint density at radius 3 is 2.50 bits per heavy atom. The predicted molar refractivity (Wildman–Crippen MR) is 63.9 cm³/mol. The van der Waals surface area contributed by atoms with E-state index in [0.29, 0.717) is 11.5 Å². The number of fused-ring (bicyclic) bond motifs is 1. The topological polar surface area (TPSA) is 44.8 Å². The van der Waals surface area contributed by atoms with Crippen LogP contribution >= 0.6 is 0 Å². The van der Waals surface area contributed by atoms with Crippen LogP contribution in [0.15, 0.2) is 36.4 Å². The van der Waals surface area contributed by atoms with E-state index < -0.39 is 23.2 Å². The normalized spacial score (nSPS) is 12.3. The number of carbonyl (C=O) groups excluding carboxylic acids is 1. The Kier molecular flexibility index (Phi) is 2.98. The van der Waals surface area contributed by atoms with Crippen LogP contribution in [0.3, 0.4) is 0 Å². The van der Waals surface area contributed by atoms with Crippen molar-refractivity contribution in [1.29, 1.82) is 0 Å². The van der Waals surface area contributed by atoms with Crippen molar-refractivity contribution in [1.82, 2.24) is 0 Å². The van der Waals surface area contributed by atoms with Gasteiger partial charge in [0.05, 0.1) is 0 Å². The zero-order chi connectivity index (χ0) is 14.1. The van der Waals surface area contributed by atoms with E-state index in [4.69, 9.17) is 14.2 Å². The Balaban J connectivity index is 1.86. The third kappa shape index (κ3) is 2.16. The molecule has 3 rings (SSSR count). The molecule has 20 heavy (non-hydrogen) atoms. The Hall–Kier alpha value is -2.63. The lowest BCUT2D eigenvalue weighted by atomic mass is 10.2. The summed E-state index contributed by atoms with van der Waals surface area (Å²) < 4.78 is 42.0. The first-order valence-corrected chi connectivity index (χ1v) is 5.71. The number of benzene rings is 2. The van der Waals surface area contributed by atoms with E-state index in [9.17, 15) is 13.6 Å². The average molecular weight is 278 g/mol. The van der Waals surface area contributed by atoms with Crippen molar-refractivity contribution in [2.75, 3.05) is 6.79 Å². The van der Waals surface area contributed by atoms with Crippen molar-refractivity contribution in [3.8, 4) is 17.2 Å². The van der Waals surface area contributed by atoms with Gasteiger partial charge in [0.1, 0.15) is 22.9 Å². The fourth-order valence-electron chi connectivity index (χ4n) is 1.79. The highest BCUT2D eigenvalue weighted by molar-refractivity contribution is 5.91. The summed E-state index contributed by atoms with van der Waals surface area (Å²) in [6.45, 7) is 0.0781. The zero-order valence-corrected chi connectivity index (χ0v) is 10.1. The lowest BCUT2D eigenvalue weighted by Gasteiger charge is -2.06. The van der Waals surface area contributed by atoms with Gasteiger partial charge in [0, 0.05) is 6.07 Å². The summed E-state index contributed by atoms with van der Waals surface area (Å²) in [7, 11) is 0. The largest absolute Gasteiger partial charge is 0.454 e. The summed E-state index contributed by atoms with van der Waals surface area (Å²) >= 11 is 0. The summed E-state index contributed by atoms with van der Waals surface area (Å²) in [5.74, 6) is -2.03. The number of rotatable bonds is 2. The molecule has 1 aliphatic rings. The van der Waals surface area contributed by atoms with Crippen LogP contribution in [0.2, 0.25) is 0 Å². The van der Waals surface area contributed by atoms with Gasteiger partial charge in [-0.1, -0.05) is 6.07 Å². The van der Waals surface area contributed by atoms with Gasteiger partial charge in [0.25, 0.3) is 0 Å². The molecule has 1 aliphatic heterocycles. The van der Waals surface area contributed by atoms with E-state index in [1.54, 1.807) is 6.07 Å². The molecule has 1 heterocycles. The van der Waals surface area contributed by atoms with Crippen molar-refractivity contribution >= 4 is 5.97 Å². The molecule has 0 aliphatic carbocycles. The zero-order valence-electron chi connectivity index (χ0n) is 10.1. The van der Waals surface area contributed by atoms with Crippen molar-refractivity contribution in [2.45, 2.75) is 0 Å². The molecule has 0 radical (unpaired) electrons. The van der Waals surface area contributed by atoms with Gasteiger partial charge in [0.15, 0.2) is 11.5 Å². The van der Waals surface area contributed by atoms with Gasteiger partial charge >= 0.3 is 5.97 Å². The molecule has 0 saturated heterocycles. The maximum absolute atomic E-state index is 13.4. The lowest BCUT2D eigenvalue weighted by Crippen LogP contribution is -2.13. The summed E-state index contributed by atoms with van der Waals surface area (Å²) in [5, 5.41) is 0. The molecule has 0 bridgehead atoms. The molecular weight excluding hydrogens is 270 g/mol. The lowest BCUT2D eigenvalue weighted by molar-refractivity contribution is 0.0724. The molecule has 0 unspecified atom stereocenters. The molecule has 6 heteroatoms.